The van der Waals surface area contributed by atoms with Gasteiger partial charge in [-0.3, -0.25) is 4.79 Å². The highest BCUT2D eigenvalue weighted by atomic mass is 16.6. The van der Waals surface area contributed by atoms with Gasteiger partial charge in [0, 0.05) is 13.1 Å². The Hall–Kier alpha value is -2.50. The van der Waals surface area contributed by atoms with Crippen LogP contribution in [0.25, 0.3) is 0 Å². The van der Waals surface area contributed by atoms with Gasteiger partial charge >= 0.3 is 5.97 Å². The van der Waals surface area contributed by atoms with Gasteiger partial charge < -0.3 is 19.1 Å². The molecular formula is C16H17NO5. The largest absolute Gasteiger partial charge is 0.493 e. The Balaban J connectivity index is 1.52. The molecule has 0 atom stereocenters. The minimum Gasteiger partial charge on any atom is -0.493 e. The summed E-state index contributed by atoms with van der Waals surface area (Å²) in [7, 11) is 0. The van der Waals surface area contributed by atoms with E-state index in [9.17, 15) is 9.59 Å². The molecule has 0 fully saturated rings. The zero-order chi connectivity index (χ0) is 15.4. The Morgan fingerprint density at radius 1 is 1.18 bits per heavy atom. The third kappa shape index (κ3) is 3.21. The lowest BCUT2D eigenvalue weighted by atomic mass is 10.00. The van der Waals surface area contributed by atoms with E-state index in [2.05, 4.69) is 6.07 Å². The number of rotatable bonds is 3. The average molecular weight is 303 g/mol. The zero-order valence-corrected chi connectivity index (χ0v) is 12.1. The number of carbonyl (C=O) groups excluding carboxylic acids is 2. The van der Waals surface area contributed by atoms with E-state index in [-0.39, 0.29) is 18.3 Å². The maximum absolute atomic E-state index is 12.2. The standard InChI is InChI=1S/C16H17NO5/c18-15(11-22-16(19)14-10-20-7-8-21-14)17-6-5-12-3-1-2-4-13(12)9-17/h1-4,10H,5-9,11H2. The van der Waals surface area contributed by atoms with Crippen LogP contribution in [0.15, 0.2) is 36.3 Å². The van der Waals surface area contributed by atoms with Gasteiger partial charge in [-0.25, -0.2) is 4.79 Å². The van der Waals surface area contributed by atoms with E-state index < -0.39 is 5.97 Å². The summed E-state index contributed by atoms with van der Waals surface area (Å²) < 4.78 is 15.1. The summed E-state index contributed by atoms with van der Waals surface area (Å²) in [5.74, 6) is -0.881. The van der Waals surface area contributed by atoms with Gasteiger partial charge in [-0.1, -0.05) is 24.3 Å². The lowest BCUT2D eigenvalue weighted by Gasteiger charge is -2.28. The Bertz CT molecular complexity index is 610. The summed E-state index contributed by atoms with van der Waals surface area (Å²) in [6.45, 7) is 1.60. The van der Waals surface area contributed by atoms with Crippen LogP contribution in [-0.4, -0.2) is 43.1 Å². The zero-order valence-electron chi connectivity index (χ0n) is 12.1. The second kappa shape index (κ2) is 6.51. The van der Waals surface area contributed by atoms with Crippen LogP contribution in [0.4, 0.5) is 0 Å². The Morgan fingerprint density at radius 2 is 2.00 bits per heavy atom. The number of hydrogen-bond donors (Lipinski definition) is 0. The fourth-order valence-electron chi connectivity index (χ4n) is 2.47. The number of ether oxygens (including phenoxy) is 3. The number of amides is 1. The van der Waals surface area contributed by atoms with E-state index in [4.69, 9.17) is 14.2 Å². The maximum Gasteiger partial charge on any atom is 0.377 e. The Kier molecular flexibility index (Phi) is 4.27. The predicted molar refractivity (Wildman–Crippen MR) is 76.5 cm³/mol. The molecule has 0 bridgehead atoms. The maximum atomic E-state index is 12.2. The highest BCUT2D eigenvalue weighted by Crippen LogP contribution is 2.18. The average Bonchev–Trinajstić information content (AvgIpc) is 2.59. The van der Waals surface area contributed by atoms with Crippen molar-refractivity contribution in [3.8, 4) is 0 Å². The van der Waals surface area contributed by atoms with Crippen molar-refractivity contribution in [2.75, 3.05) is 26.4 Å². The minimum atomic E-state index is -0.676. The number of fused-ring (bicyclic) bond motifs is 1. The summed E-state index contributed by atoms with van der Waals surface area (Å²) in [4.78, 5) is 25.6. The van der Waals surface area contributed by atoms with Crippen LogP contribution >= 0.6 is 0 Å². The van der Waals surface area contributed by atoms with Crippen LogP contribution in [0.5, 0.6) is 0 Å². The van der Waals surface area contributed by atoms with Crippen molar-refractivity contribution >= 4 is 11.9 Å². The summed E-state index contributed by atoms with van der Waals surface area (Å²) in [6, 6.07) is 8.04. The molecule has 3 rings (SSSR count). The smallest absolute Gasteiger partial charge is 0.377 e. The van der Waals surface area contributed by atoms with Crippen molar-refractivity contribution in [3.63, 3.8) is 0 Å². The number of nitrogens with zero attached hydrogens (tertiary/aromatic N) is 1. The summed E-state index contributed by atoms with van der Waals surface area (Å²) >= 11 is 0. The molecule has 1 amide bonds. The first-order valence-electron chi connectivity index (χ1n) is 7.20. The molecule has 1 aromatic carbocycles. The van der Waals surface area contributed by atoms with E-state index in [1.807, 2.05) is 18.2 Å². The first-order chi connectivity index (χ1) is 10.7. The van der Waals surface area contributed by atoms with Crippen LogP contribution in [0.1, 0.15) is 11.1 Å². The molecule has 22 heavy (non-hydrogen) atoms. The van der Waals surface area contributed by atoms with Crippen LogP contribution in [0.3, 0.4) is 0 Å². The van der Waals surface area contributed by atoms with Gasteiger partial charge in [-0.05, 0) is 17.5 Å². The summed E-state index contributed by atoms with van der Waals surface area (Å²) in [6.07, 6.45) is 2.03. The van der Waals surface area contributed by atoms with E-state index in [1.165, 1.54) is 11.8 Å². The second-order valence-corrected chi connectivity index (χ2v) is 5.11. The molecule has 6 nitrogen and oxygen atoms in total. The lowest BCUT2D eigenvalue weighted by molar-refractivity contribution is -0.152. The van der Waals surface area contributed by atoms with Crippen molar-refractivity contribution in [1.82, 2.24) is 4.90 Å². The van der Waals surface area contributed by atoms with E-state index in [0.717, 1.165) is 12.0 Å². The van der Waals surface area contributed by atoms with Crippen molar-refractivity contribution in [2.24, 2.45) is 0 Å². The van der Waals surface area contributed by atoms with E-state index >= 15 is 0 Å². The molecule has 0 N–H and O–H groups in total. The van der Waals surface area contributed by atoms with Gasteiger partial charge in [0.2, 0.25) is 5.76 Å². The normalized spacial score (nSPS) is 16.7. The fraction of sp³-hybridized carbons (Fsp3) is 0.375. The lowest BCUT2D eigenvalue weighted by Crippen LogP contribution is -2.38. The molecule has 2 aliphatic rings. The molecule has 0 aromatic heterocycles. The summed E-state index contributed by atoms with van der Waals surface area (Å²) in [5, 5.41) is 0. The van der Waals surface area contributed by atoms with Gasteiger partial charge in [0.05, 0.1) is 0 Å². The van der Waals surface area contributed by atoms with Gasteiger partial charge in [-0.15, -0.1) is 0 Å². The minimum absolute atomic E-state index is 0.00281. The Labute approximate surface area is 128 Å². The second-order valence-electron chi connectivity index (χ2n) is 5.11. The molecule has 0 spiro atoms. The van der Waals surface area contributed by atoms with Crippen molar-refractivity contribution in [3.05, 3.63) is 47.4 Å². The monoisotopic (exact) mass is 303 g/mol. The molecule has 1 aromatic rings. The van der Waals surface area contributed by atoms with Crippen LogP contribution in [0, 0.1) is 0 Å². The van der Waals surface area contributed by atoms with Gasteiger partial charge in [0.1, 0.15) is 19.5 Å². The molecule has 116 valence electrons. The molecule has 2 aliphatic heterocycles. The van der Waals surface area contributed by atoms with Crippen LogP contribution in [-0.2, 0) is 36.8 Å². The molecular weight excluding hydrogens is 286 g/mol. The number of carbonyl (C=O) groups is 2. The highest BCUT2D eigenvalue weighted by molar-refractivity contribution is 5.88. The molecule has 0 unspecified atom stereocenters. The van der Waals surface area contributed by atoms with Gasteiger partial charge in [0.15, 0.2) is 6.61 Å². The number of esters is 1. The third-order valence-corrected chi connectivity index (χ3v) is 3.66. The SMILES string of the molecule is O=C(OCC(=O)N1CCc2ccccc2C1)C1=COCCO1. The van der Waals surface area contributed by atoms with Gasteiger partial charge in [-0.2, -0.15) is 0 Å². The third-order valence-electron chi connectivity index (χ3n) is 3.66. The molecule has 2 heterocycles. The predicted octanol–water partition coefficient (Wildman–Crippen LogP) is 1.00. The molecule has 0 aliphatic carbocycles. The van der Waals surface area contributed by atoms with Crippen molar-refractivity contribution < 1.29 is 23.8 Å². The van der Waals surface area contributed by atoms with Crippen LogP contribution in [0.2, 0.25) is 0 Å². The van der Waals surface area contributed by atoms with Crippen molar-refractivity contribution in [1.29, 1.82) is 0 Å². The molecule has 0 saturated carbocycles. The van der Waals surface area contributed by atoms with E-state index in [0.29, 0.717) is 26.3 Å². The molecule has 0 radical (unpaired) electrons. The number of benzene rings is 1. The molecule has 0 saturated heterocycles. The van der Waals surface area contributed by atoms with Crippen LogP contribution < -0.4 is 0 Å². The fourth-order valence-corrected chi connectivity index (χ4v) is 2.47. The first kappa shape index (κ1) is 14.4. The highest BCUT2D eigenvalue weighted by Gasteiger charge is 2.23. The van der Waals surface area contributed by atoms with Crippen molar-refractivity contribution in [2.45, 2.75) is 13.0 Å². The quantitative estimate of drug-likeness (QED) is 0.780. The topological polar surface area (TPSA) is 65.1 Å². The molecule has 6 heteroatoms. The van der Waals surface area contributed by atoms with E-state index in [1.54, 1.807) is 4.90 Å². The Morgan fingerprint density at radius 3 is 2.77 bits per heavy atom. The van der Waals surface area contributed by atoms with Gasteiger partial charge in [0.25, 0.3) is 5.91 Å². The number of hydrogen-bond acceptors (Lipinski definition) is 5. The summed E-state index contributed by atoms with van der Waals surface area (Å²) in [5.41, 5.74) is 2.40. The first-order valence-corrected chi connectivity index (χ1v) is 7.20.